The SMILES string of the molecule is COCCNC(=S)NC1CC(C(=O)O)C1. The predicted octanol–water partition coefficient (Wildman–Crippen LogP) is -0.0399. The van der Waals surface area contributed by atoms with Crippen LogP contribution < -0.4 is 10.6 Å². The molecule has 0 atom stereocenters. The van der Waals surface area contributed by atoms with Crippen molar-refractivity contribution in [2.45, 2.75) is 18.9 Å². The molecule has 0 aliphatic heterocycles. The van der Waals surface area contributed by atoms with Crippen molar-refractivity contribution in [3.05, 3.63) is 0 Å². The van der Waals surface area contributed by atoms with Gasteiger partial charge >= 0.3 is 5.97 Å². The Hall–Kier alpha value is -0.880. The third-order valence-corrected chi connectivity index (χ3v) is 2.68. The molecule has 0 saturated heterocycles. The van der Waals surface area contributed by atoms with Crippen molar-refractivity contribution in [1.29, 1.82) is 0 Å². The molecule has 86 valence electrons. The van der Waals surface area contributed by atoms with Gasteiger partial charge in [-0.2, -0.15) is 0 Å². The van der Waals surface area contributed by atoms with E-state index in [0.717, 1.165) is 0 Å². The third kappa shape index (κ3) is 4.01. The largest absolute Gasteiger partial charge is 0.481 e. The van der Waals surface area contributed by atoms with Crippen molar-refractivity contribution in [2.75, 3.05) is 20.3 Å². The first-order valence-corrected chi connectivity index (χ1v) is 5.30. The standard InChI is InChI=1S/C9H16N2O3S/c1-14-3-2-10-9(15)11-7-4-6(5-7)8(12)13/h6-7H,2-5H2,1H3,(H,12,13)(H2,10,11,15). The predicted molar refractivity (Wildman–Crippen MR) is 59.8 cm³/mol. The van der Waals surface area contributed by atoms with Crippen molar-refractivity contribution in [3.63, 3.8) is 0 Å². The average Bonchev–Trinajstić information content (AvgIpc) is 2.10. The van der Waals surface area contributed by atoms with Crippen LogP contribution in [0.5, 0.6) is 0 Å². The molecule has 0 bridgehead atoms. The summed E-state index contributed by atoms with van der Waals surface area (Å²) >= 11 is 5.02. The average molecular weight is 232 g/mol. The smallest absolute Gasteiger partial charge is 0.306 e. The highest BCUT2D eigenvalue weighted by atomic mass is 32.1. The lowest BCUT2D eigenvalue weighted by Gasteiger charge is -2.33. The van der Waals surface area contributed by atoms with Crippen LogP contribution in [-0.2, 0) is 9.53 Å². The summed E-state index contributed by atoms with van der Waals surface area (Å²) in [4.78, 5) is 10.5. The Morgan fingerprint density at radius 3 is 2.80 bits per heavy atom. The van der Waals surface area contributed by atoms with Gasteiger partial charge in [-0.3, -0.25) is 4.79 Å². The molecule has 1 saturated carbocycles. The second-order valence-electron chi connectivity index (χ2n) is 3.60. The monoisotopic (exact) mass is 232 g/mol. The molecule has 0 amide bonds. The highest BCUT2D eigenvalue weighted by Crippen LogP contribution is 2.27. The molecule has 5 nitrogen and oxygen atoms in total. The van der Waals surface area contributed by atoms with E-state index in [9.17, 15) is 4.79 Å². The quantitative estimate of drug-likeness (QED) is 0.456. The van der Waals surface area contributed by atoms with Crippen LogP contribution in [0, 0.1) is 5.92 Å². The number of nitrogens with one attached hydrogen (secondary N) is 2. The minimum Gasteiger partial charge on any atom is -0.481 e. The zero-order valence-corrected chi connectivity index (χ0v) is 9.47. The molecule has 3 N–H and O–H groups in total. The molecule has 0 heterocycles. The van der Waals surface area contributed by atoms with Crippen LogP contribution in [0.25, 0.3) is 0 Å². The molecule has 0 radical (unpaired) electrons. The summed E-state index contributed by atoms with van der Waals surface area (Å²) in [6, 6.07) is 0.202. The molecule has 0 aromatic carbocycles. The molecule has 6 heteroatoms. The number of hydrogen-bond acceptors (Lipinski definition) is 3. The second-order valence-corrected chi connectivity index (χ2v) is 4.00. The normalized spacial score (nSPS) is 24.1. The molecule has 0 unspecified atom stereocenters. The van der Waals surface area contributed by atoms with E-state index in [1.807, 2.05) is 0 Å². The molecule has 0 aromatic heterocycles. The Balaban J connectivity index is 2.06. The van der Waals surface area contributed by atoms with Gasteiger partial charge in [0.25, 0.3) is 0 Å². The van der Waals surface area contributed by atoms with Crippen molar-refractivity contribution in [2.24, 2.45) is 5.92 Å². The van der Waals surface area contributed by atoms with Gasteiger partial charge in [0.05, 0.1) is 12.5 Å². The maximum Gasteiger partial charge on any atom is 0.306 e. The third-order valence-electron chi connectivity index (χ3n) is 2.41. The number of hydrogen-bond donors (Lipinski definition) is 3. The lowest BCUT2D eigenvalue weighted by atomic mass is 9.80. The summed E-state index contributed by atoms with van der Waals surface area (Å²) in [7, 11) is 1.63. The van der Waals surface area contributed by atoms with Gasteiger partial charge in [-0.25, -0.2) is 0 Å². The lowest BCUT2D eigenvalue weighted by molar-refractivity contribution is -0.145. The first-order valence-electron chi connectivity index (χ1n) is 4.89. The van der Waals surface area contributed by atoms with Gasteiger partial charge in [0.1, 0.15) is 0 Å². The Morgan fingerprint density at radius 2 is 2.27 bits per heavy atom. The molecule has 0 spiro atoms. The van der Waals surface area contributed by atoms with E-state index in [0.29, 0.717) is 31.1 Å². The highest BCUT2D eigenvalue weighted by Gasteiger charge is 2.34. The number of aliphatic carboxylic acids is 1. The van der Waals surface area contributed by atoms with Crippen LogP contribution in [0.4, 0.5) is 0 Å². The van der Waals surface area contributed by atoms with Crippen molar-refractivity contribution in [3.8, 4) is 0 Å². The fraction of sp³-hybridized carbons (Fsp3) is 0.778. The van der Waals surface area contributed by atoms with Crippen molar-refractivity contribution in [1.82, 2.24) is 10.6 Å². The van der Waals surface area contributed by atoms with Crippen LogP contribution in [0.1, 0.15) is 12.8 Å². The van der Waals surface area contributed by atoms with Gasteiger partial charge in [-0.1, -0.05) is 0 Å². The fourth-order valence-electron chi connectivity index (χ4n) is 1.44. The summed E-state index contributed by atoms with van der Waals surface area (Å²) in [6.07, 6.45) is 1.31. The Kier molecular flexibility index (Phi) is 4.77. The molecule has 1 rings (SSSR count). The van der Waals surface area contributed by atoms with Crippen LogP contribution in [-0.4, -0.2) is 42.5 Å². The Bertz CT molecular complexity index is 242. The molecule has 1 fully saturated rings. The van der Waals surface area contributed by atoms with Crippen LogP contribution in [0.2, 0.25) is 0 Å². The number of carbonyl (C=O) groups is 1. The molecule has 15 heavy (non-hydrogen) atoms. The van der Waals surface area contributed by atoms with Gasteiger partial charge in [-0.15, -0.1) is 0 Å². The number of methoxy groups -OCH3 is 1. The summed E-state index contributed by atoms with van der Waals surface area (Å²) in [5.41, 5.74) is 0. The molecule has 1 aliphatic rings. The van der Waals surface area contributed by atoms with E-state index in [-0.39, 0.29) is 12.0 Å². The van der Waals surface area contributed by atoms with Gasteiger partial charge in [0.2, 0.25) is 0 Å². The van der Waals surface area contributed by atoms with E-state index in [4.69, 9.17) is 22.1 Å². The lowest BCUT2D eigenvalue weighted by Crippen LogP contribution is -2.50. The number of thiocarbonyl (C=S) groups is 1. The molecular weight excluding hydrogens is 216 g/mol. The summed E-state index contributed by atoms with van der Waals surface area (Å²) < 4.78 is 4.86. The van der Waals surface area contributed by atoms with E-state index < -0.39 is 5.97 Å². The molecule has 0 aromatic rings. The van der Waals surface area contributed by atoms with E-state index in [2.05, 4.69) is 10.6 Å². The Labute approximate surface area is 94.2 Å². The minimum atomic E-state index is -0.716. The van der Waals surface area contributed by atoms with Crippen LogP contribution in [0.15, 0.2) is 0 Å². The first-order chi connectivity index (χ1) is 7.13. The topological polar surface area (TPSA) is 70.6 Å². The zero-order valence-electron chi connectivity index (χ0n) is 8.66. The van der Waals surface area contributed by atoms with Gasteiger partial charge in [0, 0.05) is 19.7 Å². The highest BCUT2D eigenvalue weighted by molar-refractivity contribution is 7.80. The number of carboxylic acid groups (broad SMARTS) is 1. The summed E-state index contributed by atoms with van der Waals surface area (Å²) in [6.45, 7) is 1.27. The second kappa shape index (κ2) is 5.87. The number of rotatable bonds is 5. The maximum absolute atomic E-state index is 10.5. The number of carboxylic acids is 1. The van der Waals surface area contributed by atoms with Gasteiger partial charge < -0.3 is 20.5 Å². The zero-order chi connectivity index (χ0) is 11.3. The van der Waals surface area contributed by atoms with E-state index in [1.54, 1.807) is 7.11 Å². The maximum atomic E-state index is 10.5. The minimum absolute atomic E-state index is 0.202. The van der Waals surface area contributed by atoms with E-state index in [1.165, 1.54) is 0 Å². The first kappa shape index (κ1) is 12.2. The molecule has 1 aliphatic carbocycles. The molecular formula is C9H16N2O3S. The van der Waals surface area contributed by atoms with Crippen LogP contribution >= 0.6 is 12.2 Å². The van der Waals surface area contributed by atoms with Gasteiger partial charge in [0.15, 0.2) is 5.11 Å². The Morgan fingerprint density at radius 1 is 1.60 bits per heavy atom. The van der Waals surface area contributed by atoms with Crippen LogP contribution in [0.3, 0.4) is 0 Å². The summed E-state index contributed by atoms with van der Waals surface area (Å²) in [5.74, 6) is -0.921. The van der Waals surface area contributed by atoms with Crippen molar-refractivity contribution >= 4 is 23.3 Å². The van der Waals surface area contributed by atoms with Gasteiger partial charge in [-0.05, 0) is 25.1 Å². The number of ether oxygens (including phenoxy) is 1. The fourth-order valence-corrected chi connectivity index (χ4v) is 1.71. The summed E-state index contributed by atoms with van der Waals surface area (Å²) in [5, 5.41) is 15.3. The van der Waals surface area contributed by atoms with E-state index >= 15 is 0 Å². The van der Waals surface area contributed by atoms with Crippen molar-refractivity contribution < 1.29 is 14.6 Å².